The van der Waals surface area contributed by atoms with Crippen molar-refractivity contribution in [2.45, 2.75) is 6.92 Å². The van der Waals surface area contributed by atoms with E-state index in [0.717, 1.165) is 11.1 Å². The number of nitrogens with one attached hydrogen (secondary N) is 1. The van der Waals surface area contributed by atoms with Gasteiger partial charge in [-0.3, -0.25) is 0 Å². The molecule has 3 aromatic rings. The summed E-state index contributed by atoms with van der Waals surface area (Å²) in [6, 6.07) is 14.9. The zero-order chi connectivity index (χ0) is 17.8. The van der Waals surface area contributed by atoms with Crippen LogP contribution in [-0.4, -0.2) is 34.2 Å². The second-order valence-corrected chi connectivity index (χ2v) is 5.78. The Morgan fingerprint density at radius 2 is 1.88 bits per heavy atom. The lowest BCUT2D eigenvalue weighted by Crippen LogP contribution is -2.01. The molecular formula is C18H16N4O2S. The Kier molecular flexibility index (Phi) is 4.85. The number of methoxy groups -OCH3 is 1. The van der Waals surface area contributed by atoms with Crippen LogP contribution in [0.15, 0.2) is 53.6 Å². The van der Waals surface area contributed by atoms with E-state index >= 15 is 0 Å². The van der Waals surface area contributed by atoms with Crippen LogP contribution >= 0.6 is 12.2 Å². The summed E-state index contributed by atoms with van der Waals surface area (Å²) in [5, 5.41) is 11.4. The zero-order valence-corrected chi connectivity index (χ0v) is 14.6. The van der Waals surface area contributed by atoms with E-state index in [2.05, 4.69) is 20.0 Å². The van der Waals surface area contributed by atoms with Crippen molar-refractivity contribution in [2.24, 2.45) is 5.10 Å². The summed E-state index contributed by atoms with van der Waals surface area (Å²) in [6.45, 7) is 2.02. The second-order valence-electron chi connectivity index (χ2n) is 5.39. The number of esters is 1. The van der Waals surface area contributed by atoms with Gasteiger partial charge in [0.05, 0.1) is 18.9 Å². The first-order chi connectivity index (χ1) is 12.1. The zero-order valence-electron chi connectivity index (χ0n) is 13.8. The highest BCUT2D eigenvalue weighted by molar-refractivity contribution is 7.71. The average molecular weight is 352 g/mol. The molecule has 0 radical (unpaired) electrons. The first kappa shape index (κ1) is 16.8. The summed E-state index contributed by atoms with van der Waals surface area (Å²) in [5.41, 5.74) is 3.39. The van der Waals surface area contributed by atoms with E-state index in [1.807, 2.05) is 31.2 Å². The SMILES string of the molecule is COC(=O)c1ccc(/C=N\n2c(-c3ccc(C)cc3)n[nH]c2=S)cc1. The first-order valence-electron chi connectivity index (χ1n) is 7.55. The summed E-state index contributed by atoms with van der Waals surface area (Å²) in [7, 11) is 1.35. The summed E-state index contributed by atoms with van der Waals surface area (Å²) >= 11 is 5.25. The van der Waals surface area contributed by atoms with Crippen LogP contribution < -0.4 is 0 Å². The first-order valence-corrected chi connectivity index (χ1v) is 7.96. The van der Waals surface area contributed by atoms with Gasteiger partial charge in [-0.1, -0.05) is 42.0 Å². The molecule has 0 unspecified atom stereocenters. The molecule has 1 aromatic heterocycles. The number of nitrogens with zero attached hydrogens (tertiary/aromatic N) is 3. The molecule has 0 spiro atoms. The van der Waals surface area contributed by atoms with E-state index < -0.39 is 0 Å². The van der Waals surface area contributed by atoms with Crippen molar-refractivity contribution >= 4 is 24.4 Å². The van der Waals surface area contributed by atoms with Gasteiger partial charge in [-0.2, -0.15) is 14.9 Å². The van der Waals surface area contributed by atoms with Crippen LogP contribution in [0.3, 0.4) is 0 Å². The molecule has 2 aromatic carbocycles. The highest BCUT2D eigenvalue weighted by Gasteiger charge is 2.08. The summed E-state index contributed by atoms with van der Waals surface area (Å²) < 4.78 is 6.65. The van der Waals surface area contributed by atoms with Crippen LogP contribution in [-0.2, 0) is 4.74 Å². The third kappa shape index (κ3) is 3.72. The molecule has 25 heavy (non-hydrogen) atoms. The van der Waals surface area contributed by atoms with Gasteiger partial charge < -0.3 is 4.74 Å². The van der Waals surface area contributed by atoms with Crippen LogP contribution in [0.5, 0.6) is 0 Å². The molecule has 0 aliphatic heterocycles. The molecule has 0 aliphatic carbocycles. The van der Waals surface area contributed by atoms with Crippen LogP contribution in [0.2, 0.25) is 0 Å². The van der Waals surface area contributed by atoms with Crippen LogP contribution in [0.25, 0.3) is 11.4 Å². The van der Waals surface area contributed by atoms with E-state index in [1.54, 1.807) is 35.2 Å². The fourth-order valence-corrected chi connectivity index (χ4v) is 2.42. The van der Waals surface area contributed by atoms with Crippen LogP contribution in [0.1, 0.15) is 21.5 Å². The van der Waals surface area contributed by atoms with Crippen molar-refractivity contribution in [3.8, 4) is 11.4 Å². The maximum atomic E-state index is 11.5. The number of aryl methyl sites for hydroxylation is 1. The minimum atomic E-state index is -0.373. The normalized spacial score (nSPS) is 11.0. The highest BCUT2D eigenvalue weighted by atomic mass is 32.1. The molecule has 7 heteroatoms. The average Bonchev–Trinajstić information content (AvgIpc) is 3.01. The fourth-order valence-electron chi connectivity index (χ4n) is 2.24. The Labute approximate surface area is 149 Å². The molecule has 0 aliphatic rings. The minimum Gasteiger partial charge on any atom is -0.465 e. The molecule has 1 heterocycles. The van der Waals surface area contributed by atoms with E-state index in [4.69, 9.17) is 12.2 Å². The Morgan fingerprint density at radius 3 is 2.52 bits per heavy atom. The third-order valence-corrected chi connectivity index (χ3v) is 3.88. The lowest BCUT2D eigenvalue weighted by molar-refractivity contribution is 0.0600. The summed E-state index contributed by atoms with van der Waals surface area (Å²) in [6.07, 6.45) is 1.66. The number of carbonyl (C=O) groups excluding carboxylic acids is 1. The van der Waals surface area contributed by atoms with Crippen molar-refractivity contribution in [1.82, 2.24) is 14.9 Å². The quantitative estimate of drug-likeness (QED) is 0.442. The minimum absolute atomic E-state index is 0.373. The van der Waals surface area contributed by atoms with Crippen molar-refractivity contribution in [3.05, 3.63) is 70.0 Å². The monoisotopic (exact) mass is 352 g/mol. The van der Waals surface area contributed by atoms with Gasteiger partial charge in [0.15, 0.2) is 5.82 Å². The van der Waals surface area contributed by atoms with Gasteiger partial charge in [0, 0.05) is 5.56 Å². The molecule has 0 saturated carbocycles. The smallest absolute Gasteiger partial charge is 0.337 e. The van der Waals surface area contributed by atoms with Gasteiger partial charge in [-0.05, 0) is 36.8 Å². The van der Waals surface area contributed by atoms with Gasteiger partial charge in [0.1, 0.15) is 0 Å². The van der Waals surface area contributed by atoms with E-state index in [-0.39, 0.29) is 5.97 Å². The summed E-state index contributed by atoms with van der Waals surface area (Å²) in [5.74, 6) is 0.259. The number of hydrogen-bond acceptors (Lipinski definition) is 5. The van der Waals surface area contributed by atoms with Crippen molar-refractivity contribution in [2.75, 3.05) is 7.11 Å². The number of hydrogen-bond donors (Lipinski definition) is 1. The predicted molar refractivity (Wildman–Crippen MR) is 98.4 cm³/mol. The van der Waals surface area contributed by atoms with Crippen molar-refractivity contribution in [1.29, 1.82) is 0 Å². The molecule has 3 rings (SSSR count). The lowest BCUT2D eigenvalue weighted by Gasteiger charge is -2.02. The number of carbonyl (C=O) groups is 1. The fraction of sp³-hybridized carbons (Fsp3) is 0.111. The van der Waals surface area contributed by atoms with Gasteiger partial charge >= 0.3 is 5.97 Å². The number of aromatic nitrogens is 3. The number of aromatic amines is 1. The van der Waals surface area contributed by atoms with E-state index in [1.165, 1.54) is 12.7 Å². The number of H-pyrrole nitrogens is 1. The number of benzene rings is 2. The maximum absolute atomic E-state index is 11.5. The number of rotatable bonds is 4. The predicted octanol–water partition coefficient (Wildman–Crippen LogP) is 3.58. The molecule has 0 fully saturated rings. The van der Waals surface area contributed by atoms with Gasteiger partial charge in [-0.25, -0.2) is 9.89 Å². The molecule has 126 valence electrons. The largest absolute Gasteiger partial charge is 0.465 e. The summed E-state index contributed by atoms with van der Waals surface area (Å²) in [4.78, 5) is 11.5. The Morgan fingerprint density at radius 1 is 1.20 bits per heavy atom. The van der Waals surface area contributed by atoms with Gasteiger partial charge in [0.2, 0.25) is 4.77 Å². The molecule has 0 saturated heterocycles. The van der Waals surface area contributed by atoms with Crippen molar-refractivity contribution < 1.29 is 9.53 Å². The van der Waals surface area contributed by atoms with Crippen molar-refractivity contribution in [3.63, 3.8) is 0 Å². The lowest BCUT2D eigenvalue weighted by atomic mass is 10.1. The van der Waals surface area contributed by atoms with Crippen LogP contribution in [0.4, 0.5) is 0 Å². The molecule has 0 amide bonds. The number of ether oxygens (including phenoxy) is 1. The van der Waals surface area contributed by atoms with Crippen LogP contribution in [0, 0.1) is 11.7 Å². The molecule has 1 N–H and O–H groups in total. The van der Waals surface area contributed by atoms with E-state index in [0.29, 0.717) is 16.2 Å². The highest BCUT2D eigenvalue weighted by Crippen LogP contribution is 2.17. The maximum Gasteiger partial charge on any atom is 0.337 e. The molecule has 6 nitrogen and oxygen atoms in total. The Bertz CT molecular complexity index is 970. The standard InChI is InChI=1S/C18H16N4O2S/c1-12-3-7-14(8-4-12)16-20-21-18(25)22(16)19-11-13-5-9-15(10-6-13)17(23)24-2/h3-11H,1-2H3,(H,21,25)/b19-11-. The topological polar surface area (TPSA) is 72.3 Å². The molecule has 0 atom stereocenters. The Balaban J connectivity index is 1.89. The molecular weight excluding hydrogens is 336 g/mol. The van der Waals surface area contributed by atoms with Gasteiger partial charge in [0.25, 0.3) is 0 Å². The third-order valence-electron chi connectivity index (χ3n) is 3.61. The second kappa shape index (κ2) is 7.23. The molecule has 0 bridgehead atoms. The van der Waals surface area contributed by atoms with E-state index in [9.17, 15) is 4.79 Å². The Hall–Kier alpha value is -3.06. The van der Waals surface area contributed by atoms with Gasteiger partial charge in [-0.15, -0.1) is 0 Å².